The number of aromatic amines is 1. The van der Waals surface area contributed by atoms with Gasteiger partial charge in [0.05, 0.1) is 25.9 Å². The van der Waals surface area contributed by atoms with Crippen LogP contribution in [0.15, 0.2) is 91.0 Å². The Morgan fingerprint density at radius 3 is 1.66 bits per heavy atom. The van der Waals surface area contributed by atoms with E-state index in [1.165, 1.54) is 0 Å². The lowest BCUT2D eigenvalue weighted by molar-refractivity contribution is -0.317. The first-order valence-electron chi connectivity index (χ1n) is 12.7. The van der Waals surface area contributed by atoms with Crippen molar-refractivity contribution in [2.24, 2.45) is 0 Å². The molecule has 9 nitrogen and oxygen atoms in total. The van der Waals surface area contributed by atoms with Gasteiger partial charge >= 0.3 is 0 Å². The Hall–Kier alpha value is -3.47. The number of H-pyrrole nitrogens is 1. The fraction of sp³-hybridized carbons (Fsp3) is 0.345. The summed E-state index contributed by atoms with van der Waals surface area (Å²) in [4.78, 5) is 0. The Balaban J connectivity index is 1.43. The molecule has 5 atom stereocenters. The first-order chi connectivity index (χ1) is 18.8. The van der Waals surface area contributed by atoms with E-state index < -0.39 is 30.7 Å². The molecule has 5 rings (SSSR count). The number of aromatic nitrogens is 4. The lowest BCUT2D eigenvalue weighted by Gasteiger charge is -2.45. The molecule has 2 heterocycles. The average Bonchev–Trinajstić information content (AvgIpc) is 3.49. The molecule has 9 heteroatoms. The van der Waals surface area contributed by atoms with Gasteiger partial charge in [-0.3, -0.25) is 0 Å². The standard InChI is InChI=1S/C29H32N4O5/c1-34-29-28(37-20-23-15-9-4-10-16-23)27(36-19-22-13-7-3-8-14-22)26(35-18-21-11-5-2-6-12-21)24(38-29)17-25-30-32-33-31-25/h2-16,24,26-29H,17-20H2,1H3,(H,30,31,32,33)/t24-,26-,27+,28-,29+/m1/s1. The van der Waals surface area contributed by atoms with Gasteiger partial charge in [-0.25, -0.2) is 0 Å². The van der Waals surface area contributed by atoms with Crippen LogP contribution < -0.4 is 0 Å². The number of hydrogen-bond donors (Lipinski definition) is 1. The molecule has 0 unspecified atom stereocenters. The van der Waals surface area contributed by atoms with Gasteiger partial charge in [0.25, 0.3) is 0 Å². The fourth-order valence-electron chi connectivity index (χ4n) is 4.55. The summed E-state index contributed by atoms with van der Waals surface area (Å²) in [6.07, 6.45) is -2.33. The van der Waals surface area contributed by atoms with E-state index >= 15 is 0 Å². The van der Waals surface area contributed by atoms with E-state index in [-0.39, 0.29) is 0 Å². The third-order valence-electron chi connectivity index (χ3n) is 6.45. The summed E-state index contributed by atoms with van der Waals surface area (Å²) in [6, 6.07) is 30.0. The first-order valence-corrected chi connectivity index (χ1v) is 12.7. The lowest BCUT2D eigenvalue weighted by Crippen LogP contribution is -2.61. The minimum absolute atomic E-state index is 0.367. The molecule has 0 bridgehead atoms. The molecular formula is C29H32N4O5. The maximum absolute atomic E-state index is 6.58. The highest BCUT2D eigenvalue weighted by molar-refractivity contribution is 5.16. The van der Waals surface area contributed by atoms with Crippen molar-refractivity contribution in [3.8, 4) is 0 Å². The molecular weight excluding hydrogens is 484 g/mol. The zero-order valence-electron chi connectivity index (χ0n) is 21.3. The second-order valence-electron chi connectivity index (χ2n) is 9.09. The molecule has 1 N–H and O–H groups in total. The predicted molar refractivity (Wildman–Crippen MR) is 139 cm³/mol. The second kappa shape index (κ2) is 13.4. The maximum atomic E-state index is 6.58. The van der Waals surface area contributed by atoms with Crippen LogP contribution in [0.1, 0.15) is 22.5 Å². The van der Waals surface area contributed by atoms with Gasteiger partial charge in [-0.15, -0.1) is 10.2 Å². The second-order valence-corrected chi connectivity index (χ2v) is 9.09. The third-order valence-corrected chi connectivity index (χ3v) is 6.45. The molecule has 198 valence electrons. The molecule has 0 saturated carbocycles. The number of tetrazole rings is 1. The molecule has 1 fully saturated rings. The summed E-state index contributed by atoms with van der Waals surface area (Å²) in [5.74, 6) is 0.517. The molecule has 4 aromatic rings. The van der Waals surface area contributed by atoms with Gasteiger partial charge in [0.15, 0.2) is 12.1 Å². The van der Waals surface area contributed by atoms with Crippen LogP contribution in [-0.4, -0.2) is 58.4 Å². The van der Waals surface area contributed by atoms with E-state index in [0.717, 1.165) is 16.7 Å². The normalized spacial score (nSPS) is 23.3. The van der Waals surface area contributed by atoms with Crippen molar-refractivity contribution in [1.82, 2.24) is 20.6 Å². The summed E-state index contributed by atoms with van der Waals surface area (Å²) in [7, 11) is 1.61. The van der Waals surface area contributed by atoms with Crippen molar-refractivity contribution < 1.29 is 23.7 Å². The predicted octanol–water partition coefficient (Wildman–Crippen LogP) is 3.87. The fourth-order valence-corrected chi connectivity index (χ4v) is 4.55. The van der Waals surface area contributed by atoms with Crippen LogP contribution in [0, 0.1) is 0 Å². The van der Waals surface area contributed by atoms with Crippen molar-refractivity contribution in [1.29, 1.82) is 0 Å². The molecule has 1 saturated heterocycles. The van der Waals surface area contributed by atoms with Gasteiger partial charge in [0.2, 0.25) is 0 Å². The number of nitrogens with one attached hydrogen (secondary N) is 1. The minimum Gasteiger partial charge on any atom is -0.368 e. The number of hydrogen-bond acceptors (Lipinski definition) is 8. The van der Waals surface area contributed by atoms with Crippen molar-refractivity contribution in [2.75, 3.05) is 7.11 Å². The Morgan fingerprint density at radius 1 is 0.684 bits per heavy atom. The minimum atomic E-state index is -0.687. The zero-order chi connectivity index (χ0) is 26.0. The molecule has 0 spiro atoms. The molecule has 1 aliphatic rings. The number of benzene rings is 3. The monoisotopic (exact) mass is 516 g/mol. The highest BCUT2D eigenvalue weighted by Gasteiger charge is 2.49. The third kappa shape index (κ3) is 6.89. The lowest BCUT2D eigenvalue weighted by atomic mass is 9.95. The van der Waals surface area contributed by atoms with Gasteiger partial charge < -0.3 is 23.7 Å². The van der Waals surface area contributed by atoms with Crippen LogP contribution in [-0.2, 0) is 49.9 Å². The number of ether oxygens (including phenoxy) is 5. The Labute approximate surface area is 222 Å². The van der Waals surface area contributed by atoms with Crippen molar-refractivity contribution in [2.45, 2.75) is 56.9 Å². The Morgan fingerprint density at radius 2 is 1.18 bits per heavy atom. The van der Waals surface area contributed by atoms with Crippen LogP contribution in [0.2, 0.25) is 0 Å². The number of methoxy groups -OCH3 is 1. The maximum Gasteiger partial charge on any atom is 0.186 e. The van der Waals surface area contributed by atoms with Gasteiger partial charge in [-0.05, 0) is 16.7 Å². The Kier molecular flexibility index (Phi) is 9.20. The average molecular weight is 517 g/mol. The highest BCUT2D eigenvalue weighted by atomic mass is 16.7. The molecule has 0 amide bonds. The van der Waals surface area contributed by atoms with Gasteiger partial charge in [-0.2, -0.15) is 5.21 Å². The van der Waals surface area contributed by atoms with E-state index in [9.17, 15) is 0 Å². The van der Waals surface area contributed by atoms with Crippen LogP contribution >= 0.6 is 0 Å². The van der Waals surface area contributed by atoms with Crippen LogP contribution in [0.3, 0.4) is 0 Å². The van der Waals surface area contributed by atoms with Crippen LogP contribution in [0.4, 0.5) is 0 Å². The highest BCUT2D eigenvalue weighted by Crippen LogP contribution is 2.32. The number of rotatable bonds is 12. The molecule has 3 aromatic carbocycles. The van der Waals surface area contributed by atoms with E-state index in [2.05, 4.69) is 20.6 Å². The van der Waals surface area contributed by atoms with E-state index in [0.29, 0.717) is 32.1 Å². The molecule has 38 heavy (non-hydrogen) atoms. The van der Waals surface area contributed by atoms with Crippen molar-refractivity contribution >= 4 is 0 Å². The summed E-state index contributed by atoms with van der Waals surface area (Å²) in [5.41, 5.74) is 3.13. The quantitative estimate of drug-likeness (QED) is 0.303. The van der Waals surface area contributed by atoms with Crippen molar-refractivity contribution in [3.05, 3.63) is 114 Å². The topological polar surface area (TPSA) is 101 Å². The van der Waals surface area contributed by atoms with E-state index in [1.807, 2.05) is 91.0 Å². The first kappa shape index (κ1) is 26.1. The van der Waals surface area contributed by atoms with E-state index in [1.54, 1.807) is 7.11 Å². The summed E-state index contributed by atoms with van der Waals surface area (Å²) in [5, 5.41) is 14.5. The summed E-state index contributed by atoms with van der Waals surface area (Å²) in [6.45, 7) is 1.14. The SMILES string of the molecule is CO[C@H]1O[C@H](Cc2nn[nH]n2)[C@@H](OCc2ccccc2)[C@H](OCc2ccccc2)[C@H]1OCc1ccccc1. The van der Waals surface area contributed by atoms with Crippen LogP contribution in [0.5, 0.6) is 0 Å². The number of nitrogens with zero attached hydrogens (tertiary/aromatic N) is 3. The molecule has 0 radical (unpaired) electrons. The van der Waals surface area contributed by atoms with Crippen LogP contribution in [0.25, 0.3) is 0 Å². The Bertz CT molecular complexity index is 1200. The van der Waals surface area contributed by atoms with Crippen molar-refractivity contribution in [3.63, 3.8) is 0 Å². The summed E-state index contributed by atoms with van der Waals surface area (Å²) >= 11 is 0. The summed E-state index contributed by atoms with van der Waals surface area (Å²) < 4.78 is 31.8. The van der Waals surface area contributed by atoms with E-state index in [4.69, 9.17) is 23.7 Å². The van der Waals surface area contributed by atoms with Gasteiger partial charge in [0.1, 0.15) is 18.3 Å². The largest absolute Gasteiger partial charge is 0.368 e. The zero-order valence-corrected chi connectivity index (χ0v) is 21.3. The van der Waals surface area contributed by atoms with Gasteiger partial charge in [-0.1, -0.05) is 96.2 Å². The molecule has 1 aromatic heterocycles. The smallest absolute Gasteiger partial charge is 0.186 e. The molecule has 0 aliphatic carbocycles. The van der Waals surface area contributed by atoms with Gasteiger partial charge in [0, 0.05) is 13.5 Å². The molecule has 1 aliphatic heterocycles.